The van der Waals surface area contributed by atoms with Gasteiger partial charge >= 0.3 is 0 Å². The molecule has 0 aliphatic heterocycles. The number of carbonyl (C=O) groups is 1. The Hall–Kier alpha value is -2.04. The Labute approximate surface area is 163 Å². The van der Waals surface area contributed by atoms with Crippen LogP contribution in [0, 0.1) is 0 Å². The van der Waals surface area contributed by atoms with Gasteiger partial charge in [0.2, 0.25) is 0 Å². The Morgan fingerprint density at radius 2 is 1.92 bits per heavy atom. The number of fused-ring (bicyclic) bond motifs is 1. The van der Waals surface area contributed by atoms with E-state index in [2.05, 4.69) is 12.0 Å². The first-order valence-corrected chi connectivity index (χ1v) is 9.43. The fourth-order valence-electron chi connectivity index (χ4n) is 3.22. The number of benzene rings is 2. The first kappa shape index (κ1) is 18.7. The summed E-state index contributed by atoms with van der Waals surface area (Å²) in [6.45, 7) is 5.45. The third kappa shape index (κ3) is 3.31. The number of halogens is 2. The maximum atomic E-state index is 13.0. The van der Waals surface area contributed by atoms with Crippen molar-refractivity contribution in [2.24, 2.45) is 7.05 Å². The van der Waals surface area contributed by atoms with Crippen molar-refractivity contribution in [3.05, 3.63) is 52.1 Å². The van der Waals surface area contributed by atoms with Crippen LogP contribution in [0.25, 0.3) is 22.0 Å². The second kappa shape index (κ2) is 7.68. The SMILES string of the molecule is CCCN(CC)C(=O)c1c2cccc(-c3ccc(Cl)cc3Cl)c2nn1C. The van der Waals surface area contributed by atoms with Crippen molar-refractivity contribution in [3.8, 4) is 11.1 Å². The lowest BCUT2D eigenvalue weighted by Gasteiger charge is -2.20. The smallest absolute Gasteiger partial charge is 0.272 e. The lowest BCUT2D eigenvalue weighted by molar-refractivity contribution is 0.0755. The minimum absolute atomic E-state index is 0.00120. The number of hydrogen-bond donors (Lipinski definition) is 0. The summed E-state index contributed by atoms with van der Waals surface area (Å²) in [4.78, 5) is 14.9. The number of nitrogens with zero attached hydrogens (tertiary/aromatic N) is 3. The van der Waals surface area contributed by atoms with Crippen LogP contribution >= 0.6 is 23.2 Å². The molecule has 6 heteroatoms. The first-order chi connectivity index (χ1) is 12.5. The molecule has 1 aromatic heterocycles. The highest BCUT2D eigenvalue weighted by molar-refractivity contribution is 6.36. The van der Waals surface area contributed by atoms with Crippen molar-refractivity contribution in [3.63, 3.8) is 0 Å². The van der Waals surface area contributed by atoms with Crippen molar-refractivity contribution < 1.29 is 4.79 Å². The molecule has 2 aromatic carbocycles. The molecule has 0 atom stereocenters. The molecule has 0 aliphatic rings. The molecule has 3 aromatic rings. The first-order valence-electron chi connectivity index (χ1n) is 8.68. The molecule has 0 aliphatic carbocycles. The fraction of sp³-hybridized carbons (Fsp3) is 0.300. The molecule has 136 valence electrons. The molecular formula is C20H21Cl2N3O. The van der Waals surface area contributed by atoms with E-state index in [0.29, 0.717) is 22.3 Å². The molecule has 0 saturated heterocycles. The minimum Gasteiger partial charge on any atom is -0.338 e. The van der Waals surface area contributed by atoms with Crippen LogP contribution in [0.5, 0.6) is 0 Å². The van der Waals surface area contributed by atoms with Gasteiger partial charge in [-0.1, -0.05) is 54.4 Å². The second-order valence-corrected chi connectivity index (χ2v) is 7.03. The van der Waals surface area contributed by atoms with Gasteiger partial charge in [0.25, 0.3) is 5.91 Å². The van der Waals surface area contributed by atoms with Crippen LogP contribution in [-0.4, -0.2) is 33.7 Å². The van der Waals surface area contributed by atoms with Crippen LogP contribution in [0.4, 0.5) is 0 Å². The molecule has 0 saturated carbocycles. The summed E-state index contributed by atoms with van der Waals surface area (Å²) in [5.41, 5.74) is 3.09. The van der Waals surface area contributed by atoms with Crippen LogP contribution in [0.2, 0.25) is 10.0 Å². The molecule has 0 unspecified atom stereocenters. The summed E-state index contributed by atoms with van der Waals surface area (Å²) in [6.07, 6.45) is 0.918. The van der Waals surface area contributed by atoms with E-state index in [4.69, 9.17) is 23.2 Å². The molecule has 0 N–H and O–H groups in total. The van der Waals surface area contributed by atoms with E-state index in [1.807, 2.05) is 36.1 Å². The van der Waals surface area contributed by atoms with Gasteiger partial charge in [0.1, 0.15) is 11.2 Å². The predicted molar refractivity (Wildman–Crippen MR) is 108 cm³/mol. The van der Waals surface area contributed by atoms with Crippen LogP contribution in [0.1, 0.15) is 30.8 Å². The Balaban J connectivity index is 2.18. The van der Waals surface area contributed by atoms with Gasteiger partial charge in [-0.15, -0.1) is 0 Å². The van der Waals surface area contributed by atoms with Crippen LogP contribution in [0.15, 0.2) is 36.4 Å². The summed E-state index contributed by atoms with van der Waals surface area (Å²) >= 11 is 12.4. The van der Waals surface area contributed by atoms with Crippen molar-refractivity contribution in [2.75, 3.05) is 13.1 Å². The fourth-order valence-corrected chi connectivity index (χ4v) is 3.73. The molecule has 1 heterocycles. The number of amides is 1. The molecule has 0 radical (unpaired) electrons. The van der Waals surface area contributed by atoms with Crippen LogP contribution < -0.4 is 0 Å². The van der Waals surface area contributed by atoms with Crippen molar-refractivity contribution in [1.29, 1.82) is 0 Å². The zero-order valence-electron chi connectivity index (χ0n) is 15.1. The molecule has 4 nitrogen and oxygen atoms in total. The Bertz CT molecular complexity index is 965. The van der Waals surface area contributed by atoms with Gasteiger partial charge in [-0.05, 0) is 25.5 Å². The van der Waals surface area contributed by atoms with Gasteiger partial charge in [-0.25, -0.2) is 0 Å². The van der Waals surface area contributed by atoms with Gasteiger partial charge in [0.15, 0.2) is 0 Å². The van der Waals surface area contributed by atoms with Gasteiger partial charge in [-0.2, -0.15) is 5.10 Å². The minimum atomic E-state index is -0.00120. The molecular weight excluding hydrogens is 369 g/mol. The van der Waals surface area contributed by atoms with Crippen LogP contribution in [-0.2, 0) is 7.05 Å². The van der Waals surface area contributed by atoms with E-state index in [-0.39, 0.29) is 5.91 Å². The topological polar surface area (TPSA) is 38.1 Å². The van der Waals surface area contributed by atoms with E-state index in [1.54, 1.807) is 23.9 Å². The van der Waals surface area contributed by atoms with Crippen molar-refractivity contribution in [1.82, 2.24) is 14.7 Å². The zero-order valence-corrected chi connectivity index (χ0v) is 16.6. The van der Waals surface area contributed by atoms with E-state index in [1.165, 1.54) is 0 Å². The predicted octanol–water partition coefficient (Wildman–Crippen LogP) is 5.42. The number of aromatic nitrogens is 2. The molecule has 1 amide bonds. The summed E-state index contributed by atoms with van der Waals surface area (Å²) in [5.74, 6) is -0.00120. The normalized spacial score (nSPS) is 11.1. The van der Waals surface area contributed by atoms with Gasteiger partial charge in [0.05, 0.1) is 0 Å². The van der Waals surface area contributed by atoms with Gasteiger partial charge in [-0.3, -0.25) is 9.48 Å². The quantitative estimate of drug-likeness (QED) is 0.584. The Kier molecular flexibility index (Phi) is 5.54. The zero-order chi connectivity index (χ0) is 18.8. The van der Waals surface area contributed by atoms with E-state index in [0.717, 1.165) is 35.0 Å². The van der Waals surface area contributed by atoms with E-state index < -0.39 is 0 Å². The molecule has 26 heavy (non-hydrogen) atoms. The van der Waals surface area contributed by atoms with Crippen molar-refractivity contribution in [2.45, 2.75) is 20.3 Å². The highest BCUT2D eigenvalue weighted by Gasteiger charge is 2.23. The second-order valence-electron chi connectivity index (χ2n) is 6.18. The number of carbonyl (C=O) groups excluding carboxylic acids is 1. The Morgan fingerprint density at radius 1 is 1.15 bits per heavy atom. The van der Waals surface area contributed by atoms with Gasteiger partial charge in [0, 0.05) is 46.7 Å². The molecule has 0 fully saturated rings. The monoisotopic (exact) mass is 389 g/mol. The van der Waals surface area contributed by atoms with Gasteiger partial charge < -0.3 is 4.90 Å². The van der Waals surface area contributed by atoms with Crippen LogP contribution in [0.3, 0.4) is 0 Å². The lowest BCUT2D eigenvalue weighted by atomic mass is 10.0. The average molecular weight is 390 g/mol. The third-order valence-corrected chi connectivity index (χ3v) is 5.00. The number of rotatable bonds is 5. The van der Waals surface area contributed by atoms with E-state index in [9.17, 15) is 4.79 Å². The summed E-state index contributed by atoms with van der Waals surface area (Å²) < 4.78 is 1.67. The summed E-state index contributed by atoms with van der Waals surface area (Å²) in [6, 6.07) is 11.2. The summed E-state index contributed by atoms with van der Waals surface area (Å²) in [5, 5.41) is 6.60. The average Bonchev–Trinajstić information content (AvgIpc) is 2.95. The Morgan fingerprint density at radius 3 is 2.58 bits per heavy atom. The van der Waals surface area contributed by atoms with Crippen molar-refractivity contribution >= 4 is 40.0 Å². The number of hydrogen-bond acceptors (Lipinski definition) is 2. The number of aryl methyl sites for hydroxylation is 1. The maximum absolute atomic E-state index is 13.0. The lowest BCUT2D eigenvalue weighted by Crippen LogP contribution is -2.33. The summed E-state index contributed by atoms with van der Waals surface area (Å²) in [7, 11) is 1.81. The molecule has 3 rings (SSSR count). The maximum Gasteiger partial charge on any atom is 0.272 e. The molecule has 0 spiro atoms. The largest absolute Gasteiger partial charge is 0.338 e. The molecule has 0 bridgehead atoms. The highest BCUT2D eigenvalue weighted by Crippen LogP contribution is 2.35. The highest BCUT2D eigenvalue weighted by atomic mass is 35.5. The third-order valence-electron chi connectivity index (χ3n) is 4.45. The standard InChI is InChI=1S/C20H21Cl2N3O/c1-4-11-25(5-2)20(26)19-16-8-6-7-15(18(16)23-24(19)3)14-10-9-13(21)12-17(14)22/h6-10,12H,4-5,11H2,1-3H3. The van der Waals surface area contributed by atoms with E-state index >= 15 is 0 Å².